The Morgan fingerprint density at radius 3 is 2.56 bits per heavy atom. The van der Waals surface area contributed by atoms with Crippen molar-refractivity contribution in [2.45, 2.75) is 0 Å². The average Bonchev–Trinajstić information content (AvgIpc) is 1.85. The van der Waals surface area contributed by atoms with Gasteiger partial charge >= 0.3 is 0 Å². The van der Waals surface area contributed by atoms with Crippen molar-refractivity contribution in [3.05, 3.63) is 0 Å². The van der Waals surface area contributed by atoms with Crippen LogP contribution in [0.15, 0.2) is 0 Å². The van der Waals surface area contributed by atoms with Crippen LogP contribution in [0, 0.1) is 0 Å². The van der Waals surface area contributed by atoms with Gasteiger partial charge in [-0.25, -0.2) is 5.11 Å². The van der Waals surface area contributed by atoms with Crippen molar-refractivity contribution in [1.29, 1.82) is 0 Å². The average molecular weight is 132 g/mol. The number of rotatable bonds is 5. The molecule has 0 aromatic carbocycles. The number of methoxy groups -OCH3 is 1. The Balaban J connectivity index is 2.95. The molecule has 0 N–H and O–H groups in total. The van der Waals surface area contributed by atoms with Gasteiger partial charge in [0.25, 0.3) is 0 Å². The minimum Gasteiger partial charge on any atom is -0.383 e. The van der Waals surface area contributed by atoms with Gasteiger partial charge in [0.1, 0.15) is 0 Å². The summed E-state index contributed by atoms with van der Waals surface area (Å²) in [6.45, 7) is 2.14. The van der Waals surface area contributed by atoms with Gasteiger partial charge in [-0.1, -0.05) is 0 Å². The first-order valence-corrected chi connectivity index (χ1v) is 3.07. The summed E-state index contributed by atoms with van der Waals surface area (Å²) in [7, 11) is 3.57. The highest BCUT2D eigenvalue weighted by atomic mass is 16.5. The molecule has 0 heterocycles. The molecule has 55 valence electrons. The predicted molar refractivity (Wildman–Crippen MR) is 34.9 cm³/mol. The molecular formula is C6H14NO2. The fourth-order valence-corrected chi connectivity index (χ4v) is 0.515. The zero-order valence-corrected chi connectivity index (χ0v) is 6.09. The number of ether oxygens (including phenoxy) is 1. The van der Waals surface area contributed by atoms with Gasteiger partial charge in [0.2, 0.25) is 0 Å². The third kappa shape index (κ3) is 5.76. The lowest BCUT2D eigenvalue weighted by Gasteiger charge is -2.12. The summed E-state index contributed by atoms with van der Waals surface area (Å²) in [6, 6.07) is 0. The van der Waals surface area contributed by atoms with Crippen molar-refractivity contribution in [2.24, 2.45) is 0 Å². The van der Waals surface area contributed by atoms with E-state index in [-0.39, 0.29) is 6.61 Å². The highest BCUT2D eigenvalue weighted by Gasteiger charge is 1.94. The SMILES string of the molecule is COCCN(C)CC[O]. The van der Waals surface area contributed by atoms with Gasteiger partial charge in [0.05, 0.1) is 13.2 Å². The van der Waals surface area contributed by atoms with E-state index in [2.05, 4.69) is 0 Å². The summed E-state index contributed by atoms with van der Waals surface area (Å²) in [5.41, 5.74) is 0. The van der Waals surface area contributed by atoms with Gasteiger partial charge in [-0.3, -0.25) is 0 Å². The lowest BCUT2D eigenvalue weighted by atomic mass is 10.5. The third-order valence-electron chi connectivity index (χ3n) is 1.15. The molecule has 0 aliphatic rings. The van der Waals surface area contributed by atoms with E-state index in [0.29, 0.717) is 13.2 Å². The van der Waals surface area contributed by atoms with Crippen molar-refractivity contribution < 1.29 is 9.84 Å². The van der Waals surface area contributed by atoms with E-state index in [1.54, 1.807) is 7.11 Å². The summed E-state index contributed by atoms with van der Waals surface area (Å²) in [5, 5.41) is 10.0. The molecule has 3 heteroatoms. The minimum absolute atomic E-state index is 0.0276. The largest absolute Gasteiger partial charge is 0.383 e. The topological polar surface area (TPSA) is 32.4 Å². The summed E-state index contributed by atoms with van der Waals surface area (Å²) in [5.74, 6) is 0. The second kappa shape index (κ2) is 6.01. The monoisotopic (exact) mass is 132 g/mol. The first-order chi connectivity index (χ1) is 4.31. The van der Waals surface area contributed by atoms with Crippen molar-refractivity contribution in [1.82, 2.24) is 4.90 Å². The summed E-state index contributed by atoms with van der Waals surface area (Å²) in [6.07, 6.45) is 0. The molecular weight excluding hydrogens is 118 g/mol. The molecule has 0 fully saturated rings. The third-order valence-corrected chi connectivity index (χ3v) is 1.15. The molecule has 9 heavy (non-hydrogen) atoms. The molecule has 1 radical (unpaired) electrons. The Labute approximate surface area is 56.2 Å². The maximum Gasteiger partial charge on any atom is 0.0949 e. The molecule has 0 aliphatic carbocycles. The Kier molecular flexibility index (Phi) is 5.93. The van der Waals surface area contributed by atoms with Crippen LogP contribution in [0.4, 0.5) is 0 Å². The smallest absolute Gasteiger partial charge is 0.0949 e. The molecule has 0 aromatic rings. The highest BCUT2D eigenvalue weighted by Crippen LogP contribution is 1.79. The van der Waals surface area contributed by atoms with Crippen LogP contribution < -0.4 is 0 Å². The number of likely N-dealkylation sites (N-methyl/N-ethyl adjacent to an activating group) is 1. The molecule has 0 aromatic heterocycles. The van der Waals surface area contributed by atoms with Crippen LogP contribution >= 0.6 is 0 Å². The lowest BCUT2D eigenvalue weighted by Crippen LogP contribution is -2.25. The Morgan fingerprint density at radius 1 is 1.44 bits per heavy atom. The zero-order valence-electron chi connectivity index (χ0n) is 6.09. The van der Waals surface area contributed by atoms with Crippen molar-refractivity contribution >= 4 is 0 Å². The Morgan fingerprint density at radius 2 is 2.11 bits per heavy atom. The quantitative estimate of drug-likeness (QED) is 0.527. The molecule has 0 saturated carbocycles. The first kappa shape index (κ1) is 8.88. The van der Waals surface area contributed by atoms with E-state index in [1.165, 1.54) is 0 Å². The lowest BCUT2D eigenvalue weighted by molar-refractivity contribution is 0.124. The molecule has 0 saturated heterocycles. The summed E-state index contributed by atoms with van der Waals surface area (Å²) in [4.78, 5) is 1.95. The van der Waals surface area contributed by atoms with E-state index in [4.69, 9.17) is 4.74 Å². The van der Waals surface area contributed by atoms with E-state index in [1.807, 2.05) is 11.9 Å². The standard InChI is InChI=1S/C6H14NO2/c1-7(3-5-8)4-6-9-2/h3-6H2,1-2H3. The van der Waals surface area contributed by atoms with Gasteiger partial charge in [-0.15, -0.1) is 0 Å². The Hall–Kier alpha value is -0.120. The number of hydrogen-bond acceptors (Lipinski definition) is 2. The van der Waals surface area contributed by atoms with E-state index in [9.17, 15) is 5.11 Å². The fraction of sp³-hybridized carbons (Fsp3) is 1.00. The second-order valence-electron chi connectivity index (χ2n) is 2.00. The van der Waals surface area contributed by atoms with Gasteiger partial charge in [0, 0.05) is 20.2 Å². The van der Waals surface area contributed by atoms with Crippen LogP contribution in [0.1, 0.15) is 0 Å². The van der Waals surface area contributed by atoms with Gasteiger partial charge in [0.15, 0.2) is 0 Å². The van der Waals surface area contributed by atoms with Crippen LogP contribution in [0.25, 0.3) is 0 Å². The van der Waals surface area contributed by atoms with Gasteiger partial charge in [-0.05, 0) is 7.05 Å². The molecule has 0 unspecified atom stereocenters. The predicted octanol–water partition coefficient (Wildman–Crippen LogP) is -0.00490. The zero-order chi connectivity index (χ0) is 7.11. The van der Waals surface area contributed by atoms with E-state index >= 15 is 0 Å². The highest BCUT2D eigenvalue weighted by molar-refractivity contribution is 4.46. The second-order valence-corrected chi connectivity index (χ2v) is 2.00. The van der Waals surface area contributed by atoms with Crippen molar-refractivity contribution in [3.63, 3.8) is 0 Å². The van der Waals surface area contributed by atoms with Gasteiger partial charge < -0.3 is 9.64 Å². The molecule has 3 nitrogen and oxygen atoms in total. The van der Waals surface area contributed by atoms with Crippen LogP contribution in [-0.4, -0.2) is 45.4 Å². The molecule has 0 spiro atoms. The van der Waals surface area contributed by atoms with Crippen LogP contribution in [0.3, 0.4) is 0 Å². The summed E-state index contributed by atoms with van der Waals surface area (Å²) < 4.78 is 4.82. The number of nitrogens with zero attached hydrogens (tertiary/aromatic N) is 1. The summed E-state index contributed by atoms with van der Waals surface area (Å²) >= 11 is 0. The first-order valence-electron chi connectivity index (χ1n) is 3.07. The van der Waals surface area contributed by atoms with Crippen molar-refractivity contribution in [2.75, 3.05) is 40.5 Å². The van der Waals surface area contributed by atoms with Gasteiger partial charge in [-0.2, -0.15) is 0 Å². The van der Waals surface area contributed by atoms with Crippen LogP contribution in [0.2, 0.25) is 0 Å². The fourth-order valence-electron chi connectivity index (χ4n) is 0.515. The maximum absolute atomic E-state index is 10.0. The number of hydrogen-bond donors (Lipinski definition) is 0. The van der Waals surface area contributed by atoms with Crippen molar-refractivity contribution in [3.8, 4) is 0 Å². The Bertz CT molecular complexity index is 59.0. The van der Waals surface area contributed by atoms with Crippen LogP contribution in [0.5, 0.6) is 0 Å². The molecule has 0 amide bonds. The van der Waals surface area contributed by atoms with Crippen LogP contribution in [-0.2, 0) is 9.84 Å². The molecule has 0 atom stereocenters. The molecule has 0 bridgehead atoms. The minimum atomic E-state index is -0.0276. The normalized spacial score (nSPS) is 10.7. The molecule has 0 aliphatic heterocycles. The molecule has 0 rings (SSSR count). The maximum atomic E-state index is 10.0. The van der Waals surface area contributed by atoms with E-state index < -0.39 is 0 Å². The van der Waals surface area contributed by atoms with E-state index in [0.717, 1.165) is 6.54 Å².